The molecule has 7 heteroatoms. The molecule has 0 saturated carbocycles. The molecular formula is C23H28N2O5. The van der Waals surface area contributed by atoms with Gasteiger partial charge in [0.15, 0.2) is 0 Å². The van der Waals surface area contributed by atoms with Crippen LogP contribution in [0, 0.1) is 0 Å². The molecule has 3 rings (SSSR count). The number of benzene rings is 1. The molecular weight excluding hydrogens is 384 g/mol. The average Bonchev–Trinajstić information content (AvgIpc) is 3.32. The summed E-state index contributed by atoms with van der Waals surface area (Å²) in [5.41, 5.74) is 1.40. The van der Waals surface area contributed by atoms with Crippen molar-refractivity contribution in [3.05, 3.63) is 59.1 Å². The third-order valence-electron chi connectivity index (χ3n) is 5.27. The number of hydrogen-bond acceptors (Lipinski definition) is 6. The number of aliphatic hydroxyl groups is 1. The van der Waals surface area contributed by atoms with Gasteiger partial charge in [0.25, 0.3) is 11.7 Å². The number of likely N-dealkylation sites (N-methyl/N-ethyl adjacent to an activating group) is 1. The number of ketones is 1. The summed E-state index contributed by atoms with van der Waals surface area (Å²) in [5, 5.41) is 11.1. The fourth-order valence-electron chi connectivity index (χ4n) is 3.65. The Hall–Kier alpha value is -3.06. The zero-order valence-electron chi connectivity index (χ0n) is 18.0. The molecule has 1 aliphatic heterocycles. The van der Waals surface area contributed by atoms with Crippen molar-refractivity contribution in [1.29, 1.82) is 0 Å². The second-order valence-corrected chi connectivity index (χ2v) is 7.92. The van der Waals surface area contributed by atoms with Crippen molar-refractivity contribution in [2.24, 2.45) is 0 Å². The topological polar surface area (TPSA) is 83.2 Å². The fourth-order valence-corrected chi connectivity index (χ4v) is 3.65. The second-order valence-electron chi connectivity index (χ2n) is 7.92. The molecule has 1 unspecified atom stereocenters. The molecule has 1 amide bonds. The quantitative estimate of drug-likeness (QED) is 0.426. The molecule has 160 valence electrons. The van der Waals surface area contributed by atoms with Crippen LogP contribution in [0.5, 0.6) is 5.75 Å². The van der Waals surface area contributed by atoms with Gasteiger partial charge in [0.1, 0.15) is 23.3 Å². The van der Waals surface area contributed by atoms with Gasteiger partial charge in [0.05, 0.1) is 18.9 Å². The lowest BCUT2D eigenvalue weighted by molar-refractivity contribution is -0.140. The number of Topliss-reactive ketones (excluding diaryl/α,β-unsaturated/α-hetero) is 1. The summed E-state index contributed by atoms with van der Waals surface area (Å²) in [6, 6.07) is 7.88. The summed E-state index contributed by atoms with van der Waals surface area (Å²) < 4.78 is 11.0. The van der Waals surface area contributed by atoms with Gasteiger partial charge in [-0.2, -0.15) is 0 Å². The molecule has 1 aliphatic rings. The molecule has 7 nitrogen and oxygen atoms in total. The Morgan fingerprint density at radius 1 is 1.27 bits per heavy atom. The van der Waals surface area contributed by atoms with Gasteiger partial charge >= 0.3 is 0 Å². The van der Waals surface area contributed by atoms with Crippen LogP contribution in [0.2, 0.25) is 0 Å². The first-order valence-corrected chi connectivity index (χ1v) is 9.91. The first kappa shape index (κ1) is 21.6. The molecule has 0 bridgehead atoms. The predicted octanol–water partition coefficient (Wildman–Crippen LogP) is 3.39. The van der Waals surface area contributed by atoms with Gasteiger partial charge in [-0.15, -0.1) is 0 Å². The zero-order chi connectivity index (χ0) is 22.0. The van der Waals surface area contributed by atoms with Crippen LogP contribution in [0.1, 0.15) is 42.7 Å². The second kappa shape index (κ2) is 8.75. The van der Waals surface area contributed by atoms with Crippen LogP contribution >= 0.6 is 0 Å². The highest BCUT2D eigenvalue weighted by Gasteiger charge is 2.47. The van der Waals surface area contributed by atoms with Crippen LogP contribution in [0.15, 0.2) is 46.6 Å². The minimum atomic E-state index is -0.774. The van der Waals surface area contributed by atoms with Crippen molar-refractivity contribution >= 4 is 17.4 Å². The summed E-state index contributed by atoms with van der Waals surface area (Å²) in [7, 11) is 5.38. The number of carbonyl (C=O) groups is 2. The van der Waals surface area contributed by atoms with E-state index in [1.165, 1.54) is 11.2 Å². The first-order valence-electron chi connectivity index (χ1n) is 9.91. The number of carbonyl (C=O) groups excluding carboxylic acids is 2. The van der Waals surface area contributed by atoms with E-state index >= 15 is 0 Å². The van der Waals surface area contributed by atoms with Crippen molar-refractivity contribution < 1.29 is 23.8 Å². The molecule has 0 aliphatic carbocycles. The first-order chi connectivity index (χ1) is 14.3. The van der Waals surface area contributed by atoms with E-state index in [9.17, 15) is 14.7 Å². The van der Waals surface area contributed by atoms with Crippen LogP contribution in [-0.2, 0) is 9.59 Å². The molecule has 1 saturated heterocycles. The summed E-state index contributed by atoms with van der Waals surface area (Å²) in [5.74, 6) is -0.280. The van der Waals surface area contributed by atoms with Gasteiger partial charge in [-0.25, -0.2) is 0 Å². The minimum absolute atomic E-state index is 0.0357. The Bertz CT molecular complexity index is 960. The normalized spacial score (nSPS) is 18.6. The van der Waals surface area contributed by atoms with Gasteiger partial charge in [0, 0.05) is 18.7 Å². The van der Waals surface area contributed by atoms with Crippen molar-refractivity contribution in [1.82, 2.24) is 9.80 Å². The third kappa shape index (κ3) is 3.98. The van der Waals surface area contributed by atoms with E-state index in [-0.39, 0.29) is 17.3 Å². The maximum Gasteiger partial charge on any atom is 0.295 e. The number of methoxy groups -OCH3 is 1. The molecule has 1 fully saturated rings. The lowest BCUT2D eigenvalue weighted by atomic mass is 9.95. The maximum absolute atomic E-state index is 12.9. The number of furan rings is 1. The van der Waals surface area contributed by atoms with Crippen LogP contribution in [0.25, 0.3) is 5.76 Å². The Morgan fingerprint density at radius 3 is 2.57 bits per heavy atom. The summed E-state index contributed by atoms with van der Waals surface area (Å²) >= 11 is 0. The van der Waals surface area contributed by atoms with Gasteiger partial charge in [0.2, 0.25) is 0 Å². The highest BCUT2D eigenvalue weighted by atomic mass is 16.5. The lowest BCUT2D eigenvalue weighted by Gasteiger charge is -2.24. The molecule has 1 N–H and O–H groups in total. The van der Waals surface area contributed by atoms with Gasteiger partial charge in [-0.3, -0.25) is 9.59 Å². The molecule has 1 aromatic heterocycles. The van der Waals surface area contributed by atoms with Crippen LogP contribution in [0.3, 0.4) is 0 Å². The van der Waals surface area contributed by atoms with E-state index in [1.807, 2.05) is 32.8 Å². The molecule has 1 atom stereocenters. The zero-order valence-corrected chi connectivity index (χ0v) is 18.0. The third-order valence-corrected chi connectivity index (χ3v) is 5.27. The lowest BCUT2D eigenvalue weighted by Crippen LogP contribution is -2.35. The van der Waals surface area contributed by atoms with Crippen molar-refractivity contribution in [3.8, 4) is 5.75 Å². The van der Waals surface area contributed by atoms with Crippen LogP contribution in [0.4, 0.5) is 0 Å². The fraction of sp³-hybridized carbons (Fsp3) is 0.391. The Balaban J connectivity index is 2.13. The maximum atomic E-state index is 12.9. The molecule has 0 radical (unpaired) electrons. The molecule has 2 heterocycles. The highest BCUT2D eigenvalue weighted by molar-refractivity contribution is 6.46. The number of likely N-dealkylation sites (tertiary alicyclic amines) is 1. The predicted molar refractivity (Wildman–Crippen MR) is 113 cm³/mol. The summed E-state index contributed by atoms with van der Waals surface area (Å²) in [6.07, 6.45) is 1.49. The Morgan fingerprint density at radius 2 is 2.00 bits per heavy atom. The minimum Gasteiger partial charge on any atom is -0.507 e. The molecule has 30 heavy (non-hydrogen) atoms. The van der Waals surface area contributed by atoms with Crippen LogP contribution in [-0.4, -0.2) is 60.9 Å². The van der Waals surface area contributed by atoms with Gasteiger partial charge in [-0.1, -0.05) is 13.8 Å². The Kier molecular flexibility index (Phi) is 6.31. The van der Waals surface area contributed by atoms with E-state index in [1.54, 1.807) is 37.4 Å². The largest absolute Gasteiger partial charge is 0.507 e. The standard InChI is InChI=1S/C23H28N2O5/c1-14(2)16-13-15(8-9-17(16)29-5)21(26)19-20(18-7-6-12-30-18)25(11-10-24(3)4)23(28)22(19)27/h6-9,12-14,20,26H,10-11H2,1-5H3/b21-19-. The number of amides is 1. The monoisotopic (exact) mass is 412 g/mol. The molecule has 0 spiro atoms. The van der Waals surface area contributed by atoms with E-state index < -0.39 is 17.7 Å². The van der Waals surface area contributed by atoms with Crippen molar-refractivity contribution in [3.63, 3.8) is 0 Å². The number of hydrogen-bond donors (Lipinski definition) is 1. The van der Waals surface area contributed by atoms with E-state index in [2.05, 4.69) is 0 Å². The van der Waals surface area contributed by atoms with E-state index in [0.717, 1.165) is 5.56 Å². The van der Waals surface area contributed by atoms with Crippen molar-refractivity contribution in [2.45, 2.75) is 25.8 Å². The average molecular weight is 412 g/mol. The summed E-state index contributed by atoms with van der Waals surface area (Å²) in [6.45, 7) is 4.94. The molecule has 2 aromatic rings. The van der Waals surface area contributed by atoms with Crippen molar-refractivity contribution in [2.75, 3.05) is 34.3 Å². The van der Waals surface area contributed by atoms with E-state index in [4.69, 9.17) is 9.15 Å². The smallest absolute Gasteiger partial charge is 0.295 e. The van der Waals surface area contributed by atoms with E-state index in [0.29, 0.717) is 30.2 Å². The Labute approximate surface area is 176 Å². The molecule has 1 aromatic carbocycles. The summed E-state index contributed by atoms with van der Waals surface area (Å²) in [4.78, 5) is 29.1. The van der Waals surface area contributed by atoms with Gasteiger partial charge in [-0.05, 0) is 55.9 Å². The number of aliphatic hydroxyl groups excluding tert-OH is 1. The number of nitrogens with zero attached hydrogens (tertiary/aromatic N) is 2. The number of ether oxygens (including phenoxy) is 1. The number of rotatable bonds is 7. The van der Waals surface area contributed by atoms with Crippen LogP contribution < -0.4 is 4.74 Å². The highest BCUT2D eigenvalue weighted by Crippen LogP contribution is 2.40. The SMILES string of the molecule is COc1ccc(/C(O)=C2/C(=O)C(=O)N(CCN(C)C)C2c2ccco2)cc1C(C)C. The van der Waals surface area contributed by atoms with Gasteiger partial charge < -0.3 is 24.1 Å².